The molecule has 1 aliphatic rings. The molecular formula is C10H18FNO. The maximum atomic E-state index is 12.1. The summed E-state index contributed by atoms with van der Waals surface area (Å²) < 4.78 is 12.1. The molecule has 1 N–H and O–H groups in total. The van der Waals surface area contributed by atoms with Crippen LogP contribution in [0.25, 0.3) is 0 Å². The summed E-state index contributed by atoms with van der Waals surface area (Å²) in [6.07, 6.45) is 1.86. The van der Waals surface area contributed by atoms with Crippen molar-refractivity contribution in [1.29, 1.82) is 0 Å². The lowest BCUT2D eigenvalue weighted by molar-refractivity contribution is -0.132. The lowest BCUT2D eigenvalue weighted by Gasteiger charge is -2.41. The summed E-state index contributed by atoms with van der Waals surface area (Å²) in [6.45, 7) is 5.49. The first kappa shape index (κ1) is 10.5. The first-order valence-electron chi connectivity index (χ1n) is 4.81. The summed E-state index contributed by atoms with van der Waals surface area (Å²) >= 11 is 0. The standard InChI is InChI=1S/C10H18FNO/c1-7(6-11)12-9(13)8-4-10(2,3)5-8/h7-8H,4-6H2,1-3H3,(H,12,13). The molecule has 1 amide bonds. The normalized spacial score (nSPS) is 23.4. The van der Waals surface area contributed by atoms with Crippen molar-refractivity contribution in [2.45, 2.75) is 39.7 Å². The topological polar surface area (TPSA) is 29.1 Å². The third-order valence-electron chi connectivity index (χ3n) is 2.59. The maximum absolute atomic E-state index is 12.1. The van der Waals surface area contributed by atoms with E-state index in [0.29, 0.717) is 5.41 Å². The van der Waals surface area contributed by atoms with Gasteiger partial charge in [0, 0.05) is 5.92 Å². The van der Waals surface area contributed by atoms with Crippen molar-refractivity contribution in [1.82, 2.24) is 5.32 Å². The van der Waals surface area contributed by atoms with Crippen LogP contribution in [0.5, 0.6) is 0 Å². The minimum absolute atomic E-state index is 0.0180. The van der Waals surface area contributed by atoms with Crippen LogP contribution < -0.4 is 5.32 Å². The molecular weight excluding hydrogens is 169 g/mol. The highest BCUT2D eigenvalue weighted by molar-refractivity contribution is 5.80. The predicted molar refractivity (Wildman–Crippen MR) is 50.1 cm³/mol. The van der Waals surface area contributed by atoms with E-state index in [4.69, 9.17) is 0 Å². The van der Waals surface area contributed by atoms with Crippen LogP contribution in [0.3, 0.4) is 0 Å². The molecule has 2 nitrogen and oxygen atoms in total. The van der Waals surface area contributed by atoms with Crippen molar-refractivity contribution in [3.8, 4) is 0 Å². The fraction of sp³-hybridized carbons (Fsp3) is 0.900. The van der Waals surface area contributed by atoms with Crippen molar-refractivity contribution in [2.75, 3.05) is 6.67 Å². The van der Waals surface area contributed by atoms with E-state index in [9.17, 15) is 9.18 Å². The van der Waals surface area contributed by atoms with Gasteiger partial charge in [0.15, 0.2) is 0 Å². The first-order chi connectivity index (χ1) is 5.94. The van der Waals surface area contributed by atoms with Crippen LogP contribution in [-0.4, -0.2) is 18.6 Å². The minimum Gasteiger partial charge on any atom is -0.351 e. The average molecular weight is 187 g/mol. The minimum atomic E-state index is -0.484. The van der Waals surface area contributed by atoms with Crippen molar-refractivity contribution in [3.63, 3.8) is 0 Å². The SMILES string of the molecule is CC(CF)NC(=O)C1CC(C)(C)C1. The lowest BCUT2D eigenvalue weighted by atomic mass is 9.64. The molecule has 0 aromatic carbocycles. The Morgan fingerprint density at radius 2 is 2.15 bits per heavy atom. The summed E-state index contributed by atoms with van der Waals surface area (Å²) in [4.78, 5) is 11.4. The van der Waals surface area contributed by atoms with Gasteiger partial charge in [-0.05, 0) is 25.2 Å². The number of rotatable bonds is 3. The highest BCUT2D eigenvalue weighted by atomic mass is 19.1. The van der Waals surface area contributed by atoms with Gasteiger partial charge in [-0.2, -0.15) is 0 Å². The molecule has 1 rings (SSSR count). The van der Waals surface area contributed by atoms with Crippen molar-refractivity contribution in [2.24, 2.45) is 11.3 Å². The number of alkyl halides is 1. The first-order valence-corrected chi connectivity index (χ1v) is 4.81. The molecule has 13 heavy (non-hydrogen) atoms. The number of nitrogens with one attached hydrogen (secondary N) is 1. The Balaban J connectivity index is 2.27. The molecule has 76 valence electrons. The molecule has 0 radical (unpaired) electrons. The molecule has 0 aliphatic heterocycles. The lowest BCUT2D eigenvalue weighted by Crippen LogP contribution is -2.45. The number of amides is 1. The highest BCUT2D eigenvalue weighted by Gasteiger charge is 2.40. The fourth-order valence-electron chi connectivity index (χ4n) is 1.86. The number of carbonyl (C=O) groups excluding carboxylic acids is 1. The summed E-state index contributed by atoms with van der Waals surface area (Å²) in [5, 5.41) is 2.66. The van der Waals surface area contributed by atoms with Crippen LogP contribution >= 0.6 is 0 Å². The molecule has 3 heteroatoms. The summed E-state index contributed by atoms with van der Waals surface area (Å²) in [7, 11) is 0. The van der Waals surface area contributed by atoms with E-state index >= 15 is 0 Å². The van der Waals surface area contributed by atoms with E-state index in [1.165, 1.54) is 0 Å². The second-order valence-corrected chi connectivity index (χ2v) is 4.83. The van der Waals surface area contributed by atoms with Crippen LogP contribution in [0.4, 0.5) is 4.39 Å². The second-order valence-electron chi connectivity index (χ2n) is 4.83. The predicted octanol–water partition coefficient (Wildman–Crippen LogP) is 1.90. The Hall–Kier alpha value is -0.600. The third-order valence-corrected chi connectivity index (χ3v) is 2.59. The van der Waals surface area contributed by atoms with E-state index < -0.39 is 6.67 Å². The molecule has 1 atom stereocenters. The molecule has 0 bridgehead atoms. The largest absolute Gasteiger partial charge is 0.351 e. The van der Waals surface area contributed by atoms with E-state index in [1.54, 1.807) is 6.92 Å². The van der Waals surface area contributed by atoms with Crippen LogP contribution in [0.2, 0.25) is 0 Å². The van der Waals surface area contributed by atoms with Crippen molar-refractivity contribution >= 4 is 5.91 Å². The Morgan fingerprint density at radius 3 is 2.54 bits per heavy atom. The van der Waals surface area contributed by atoms with Gasteiger partial charge in [-0.3, -0.25) is 4.79 Å². The Morgan fingerprint density at radius 1 is 1.62 bits per heavy atom. The van der Waals surface area contributed by atoms with Gasteiger partial charge in [-0.15, -0.1) is 0 Å². The van der Waals surface area contributed by atoms with E-state index in [0.717, 1.165) is 12.8 Å². The van der Waals surface area contributed by atoms with Gasteiger partial charge < -0.3 is 5.32 Å². The highest BCUT2D eigenvalue weighted by Crippen LogP contribution is 2.44. The molecule has 0 aromatic rings. The number of hydrogen-bond donors (Lipinski definition) is 1. The van der Waals surface area contributed by atoms with E-state index in [2.05, 4.69) is 19.2 Å². The molecule has 1 unspecified atom stereocenters. The zero-order chi connectivity index (χ0) is 10.1. The molecule has 0 heterocycles. The molecule has 1 saturated carbocycles. The zero-order valence-electron chi connectivity index (χ0n) is 8.56. The van der Waals surface area contributed by atoms with Crippen LogP contribution in [-0.2, 0) is 4.79 Å². The summed E-state index contributed by atoms with van der Waals surface area (Å²) in [6, 6.07) is -0.337. The smallest absolute Gasteiger partial charge is 0.223 e. The Labute approximate surface area is 78.9 Å². The van der Waals surface area contributed by atoms with Gasteiger partial charge in [0.05, 0.1) is 6.04 Å². The van der Waals surface area contributed by atoms with Gasteiger partial charge in [0.2, 0.25) is 5.91 Å². The van der Waals surface area contributed by atoms with Gasteiger partial charge in [0.25, 0.3) is 0 Å². The summed E-state index contributed by atoms with van der Waals surface area (Å²) in [5.41, 5.74) is 0.307. The quantitative estimate of drug-likeness (QED) is 0.718. The van der Waals surface area contributed by atoms with Gasteiger partial charge in [0.1, 0.15) is 6.67 Å². The van der Waals surface area contributed by atoms with Crippen LogP contribution in [0.15, 0.2) is 0 Å². The molecule has 1 fully saturated rings. The monoisotopic (exact) mass is 187 g/mol. The number of carbonyl (C=O) groups is 1. The molecule has 1 aliphatic carbocycles. The average Bonchev–Trinajstić information content (AvgIpc) is 1.99. The van der Waals surface area contributed by atoms with Crippen molar-refractivity contribution < 1.29 is 9.18 Å². The van der Waals surface area contributed by atoms with Gasteiger partial charge >= 0.3 is 0 Å². The molecule has 0 spiro atoms. The second kappa shape index (κ2) is 3.64. The third kappa shape index (κ3) is 2.68. The van der Waals surface area contributed by atoms with Gasteiger partial charge in [-0.1, -0.05) is 13.8 Å². The summed E-state index contributed by atoms with van der Waals surface area (Å²) in [5.74, 6) is 0.133. The van der Waals surface area contributed by atoms with Crippen LogP contribution in [0, 0.1) is 11.3 Å². The molecule has 0 aromatic heterocycles. The molecule has 0 saturated heterocycles. The fourth-order valence-corrected chi connectivity index (χ4v) is 1.86. The Kier molecular flexibility index (Phi) is 2.94. The number of halogens is 1. The van der Waals surface area contributed by atoms with Crippen molar-refractivity contribution in [3.05, 3.63) is 0 Å². The van der Waals surface area contributed by atoms with Crippen LogP contribution in [0.1, 0.15) is 33.6 Å². The van der Waals surface area contributed by atoms with E-state index in [-0.39, 0.29) is 17.9 Å². The van der Waals surface area contributed by atoms with E-state index in [1.807, 2.05) is 0 Å². The Bertz CT molecular complexity index is 195. The van der Waals surface area contributed by atoms with Gasteiger partial charge in [-0.25, -0.2) is 4.39 Å². The number of hydrogen-bond acceptors (Lipinski definition) is 1. The zero-order valence-corrected chi connectivity index (χ0v) is 8.56. The maximum Gasteiger partial charge on any atom is 0.223 e.